The van der Waals surface area contributed by atoms with Crippen LogP contribution in [0.25, 0.3) is 0 Å². The van der Waals surface area contributed by atoms with Crippen molar-refractivity contribution in [2.45, 2.75) is 25.4 Å². The van der Waals surface area contributed by atoms with E-state index in [4.69, 9.17) is 0 Å². The molecule has 0 radical (unpaired) electrons. The van der Waals surface area contributed by atoms with Crippen LogP contribution >= 0.6 is 0 Å². The first-order valence-electron chi connectivity index (χ1n) is 3.91. The monoisotopic (exact) mass is 140 g/mol. The third-order valence-electron chi connectivity index (χ3n) is 2.28. The Morgan fingerprint density at radius 2 is 2.50 bits per heavy atom. The van der Waals surface area contributed by atoms with Crippen molar-refractivity contribution in [3.8, 4) is 0 Å². The Bertz CT molecular complexity index is 158. The lowest BCUT2D eigenvalue weighted by Gasteiger charge is -2.30. The van der Waals surface area contributed by atoms with Crippen molar-refractivity contribution in [2.75, 3.05) is 13.1 Å². The molecule has 1 unspecified atom stereocenters. The highest BCUT2D eigenvalue weighted by molar-refractivity contribution is 5.78. The number of nitrogens with one attached hydrogen (secondary N) is 1. The normalized spacial score (nSPS) is 32.6. The molecule has 0 bridgehead atoms. The van der Waals surface area contributed by atoms with Gasteiger partial charge in [0.25, 0.3) is 0 Å². The molecule has 0 saturated carbocycles. The molecule has 3 heteroatoms. The summed E-state index contributed by atoms with van der Waals surface area (Å²) in [5.74, 6) is 0.331. The van der Waals surface area contributed by atoms with Crippen molar-refractivity contribution in [1.29, 1.82) is 0 Å². The van der Waals surface area contributed by atoms with Gasteiger partial charge in [-0.15, -0.1) is 0 Å². The van der Waals surface area contributed by atoms with Crippen LogP contribution < -0.4 is 5.32 Å². The smallest absolute Gasteiger partial charge is 0.223 e. The zero-order valence-electron chi connectivity index (χ0n) is 5.97. The molecule has 0 spiro atoms. The van der Waals surface area contributed by atoms with Crippen LogP contribution in [-0.2, 0) is 4.79 Å². The van der Waals surface area contributed by atoms with Gasteiger partial charge in [-0.2, -0.15) is 0 Å². The molecule has 0 aromatic heterocycles. The first kappa shape index (κ1) is 6.16. The molecular formula is C7H12N2O. The second kappa shape index (κ2) is 2.23. The van der Waals surface area contributed by atoms with E-state index >= 15 is 0 Å². The molecule has 10 heavy (non-hydrogen) atoms. The fraction of sp³-hybridized carbons (Fsp3) is 0.857. The molecule has 2 heterocycles. The van der Waals surface area contributed by atoms with Crippen molar-refractivity contribution in [1.82, 2.24) is 10.2 Å². The van der Waals surface area contributed by atoms with E-state index in [2.05, 4.69) is 5.32 Å². The van der Waals surface area contributed by atoms with Crippen LogP contribution in [0.5, 0.6) is 0 Å². The van der Waals surface area contributed by atoms with E-state index in [0.717, 1.165) is 32.4 Å². The fourth-order valence-electron chi connectivity index (χ4n) is 1.74. The van der Waals surface area contributed by atoms with Gasteiger partial charge in [-0.05, 0) is 19.4 Å². The summed E-state index contributed by atoms with van der Waals surface area (Å²) in [6.07, 6.45) is 3.25. The molecule has 56 valence electrons. The van der Waals surface area contributed by atoms with Crippen LogP contribution in [0.2, 0.25) is 0 Å². The van der Waals surface area contributed by atoms with Crippen LogP contribution in [0.4, 0.5) is 0 Å². The zero-order chi connectivity index (χ0) is 6.97. The third kappa shape index (κ3) is 0.814. The van der Waals surface area contributed by atoms with Gasteiger partial charge in [-0.25, -0.2) is 0 Å². The van der Waals surface area contributed by atoms with E-state index in [1.807, 2.05) is 4.90 Å². The molecule has 2 fully saturated rings. The third-order valence-corrected chi connectivity index (χ3v) is 2.28. The summed E-state index contributed by atoms with van der Waals surface area (Å²) < 4.78 is 0. The second-order valence-corrected chi connectivity index (χ2v) is 2.95. The summed E-state index contributed by atoms with van der Waals surface area (Å²) in [6.45, 7) is 2.05. The maximum atomic E-state index is 11.1. The predicted molar refractivity (Wildman–Crippen MR) is 37.4 cm³/mol. The van der Waals surface area contributed by atoms with Crippen LogP contribution in [0.1, 0.15) is 19.3 Å². The average molecular weight is 140 g/mol. The van der Waals surface area contributed by atoms with Gasteiger partial charge in [0.05, 0.1) is 6.17 Å². The number of hydrogen-bond acceptors (Lipinski definition) is 2. The second-order valence-electron chi connectivity index (χ2n) is 2.95. The Morgan fingerprint density at radius 1 is 1.60 bits per heavy atom. The van der Waals surface area contributed by atoms with E-state index in [1.165, 1.54) is 0 Å². The SMILES string of the molecule is O=C1CCC2NCCCN12. The Hall–Kier alpha value is -0.570. The maximum Gasteiger partial charge on any atom is 0.223 e. The molecule has 2 aliphatic rings. The lowest BCUT2D eigenvalue weighted by atomic mass is 10.2. The van der Waals surface area contributed by atoms with Crippen molar-refractivity contribution in [2.24, 2.45) is 0 Å². The van der Waals surface area contributed by atoms with Gasteiger partial charge >= 0.3 is 0 Å². The van der Waals surface area contributed by atoms with E-state index in [-0.39, 0.29) is 0 Å². The van der Waals surface area contributed by atoms with Gasteiger partial charge in [0.1, 0.15) is 0 Å². The van der Waals surface area contributed by atoms with Gasteiger partial charge in [0, 0.05) is 13.0 Å². The summed E-state index contributed by atoms with van der Waals surface area (Å²) in [7, 11) is 0. The first-order valence-corrected chi connectivity index (χ1v) is 3.91. The summed E-state index contributed by atoms with van der Waals surface area (Å²) in [5, 5.41) is 3.32. The van der Waals surface area contributed by atoms with Gasteiger partial charge < -0.3 is 4.90 Å². The summed E-state index contributed by atoms with van der Waals surface area (Å²) in [6, 6.07) is 0. The maximum absolute atomic E-state index is 11.1. The zero-order valence-corrected chi connectivity index (χ0v) is 5.97. The molecule has 3 nitrogen and oxygen atoms in total. The van der Waals surface area contributed by atoms with Gasteiger partial charge in [0.15, 0.2) is 0 Å². The largest absolute Gasteiger partial charge is 0.327 e. The lowest BCUT2D eigenvalue weighted by molar-refractivity contribution is -0.130. The summed E-state index contributed by atoms with van der Waals surface area (Å²) in [4.78, 5) is 13.1. The summed E-state index contributed by atoms with van der Waals surface area (Å²) in [5.41, 5.74) is 0. The topological polar surface area (TPSA) is 32.3 Å². The highest BCUT2D eigenvalue weighted by Gasteiger charge is 2.31. The minimum Gasteiger partial charge on any atom is -0.327 e. The average Bonchev–Trinajstić information content (AvgIpc) is 2.34. The van der Waals surface area contributed by atoms with Crippen molar-refractivity contribution < 1.29 is 4.79 Å². The lowest BCUT2D eigenvalue weighted by Crippen LogP contribution is -2.48. The Labute approximate surface area is 60.4 Å². The number of carbonyl (C=O) groups excluding carboxylic acids is 1. The molecule has 1 atom stereocenters. The van der Waals surface area contributed by atoms with Gasteiger partial charge in [0.2, 0.25) is 5.91 Å². The highest BCUT2D eigenvalue weighted by Crippen LogP contribution is 2.18. The van der Waals surface area contributed by atoms with Gasteiger partial charge in [-0.1, -0.05) is 0 Å². The van der Waals surface area contributed by atoms with E-state index < -0.39 is 0 Å². The minimum atomic E-state index is 0.331. The van der Waals surface area contributed by atoms with E-state index in [0.29, 0.717) is 12.1 Å². The molecule has 0 aliphatic carbocycles. The molecule has 1 N–H and O–H groups in total. The molecular weight excluding hydrogens is 128 g/mol. The van der Waals surface area contributed by atoms with Crippen molar-refractivity contribution >= 4 is 5.91 Å². The Balaban J connectivity index is 2.08. The van der Waals surface area contributed by atoms with E-state index in [1.54, 1.807) is 0 Å². The Kier molecular flexibility index (Phi) is 1.38. The number of fused-ring (bicyclic) bond motifs is 1. The summed E-state index contributed by atoms with van der Waals surface area (Å²) >= 11 is 0. The molecule has 0 aromatic rings. The molecule has 2 saturated heterocycles. The fourth-order valence-corrected chi connectivity index (χ4v) is 1.74. The van der Waals surface area contributed by atoms with Crippen LogP contribution in [0, 0.1) is 0 Å². The predicted octanol–water partition coefficient (Wildman–Crippen LogP) is -0.0718. The van der Waals surface area contributed by atoms with Crippen molar-refractivity contribution in [3.63, 3.8) is 0 Å². The molecule has 2 rings (SSSR count). The van der Waals surface area contributed by atoms with Crippen LogP contribution in [-0.4, -0.2) is 30.1 Å². The number of rotatable bonds is 0. The van der Waals surface area contributed by atoms with Crippen LogP contribution in [0.3, 0.4) is 0 Å². The van der Waals surface area contributed by atoms with Gasteiger partial charge in [-0.3, -0.25) is 10.1 Å². The molecule has 2 aliphatic heterocycles. The number of carbonyl (C=O) groups is 1. The molecule has 1 amide bonds. The quantitative estimate of drug-likeness (QED) is 0.510. The standard InChI is InChI=1S/C7H12N2O/c10-7-3-2-6-8-4-1-5-9(6)7/h6,8H,1-5H2. The number of hydrogen-bond donors (Lipinski definition) is 1. The van der Waals surface area contributed by atoms with Crippen molar-refractivity contribution in [3.05, 3.63) is 0 Å². The highest BCUT2D eigenvalue weighted by atomic mass is 16.2. The van der Waals surface area contributed by atoms with Crippen LogP contribution in [0.15, 0.2) is 0 Å². The minimum absolute atomic E-state index is 0.331. The Morgan fingerprint density at radius 3 is 3.30 bits per heavy atom. The first-order chi connectivity index (χ1) is 4.88. The number of nitrogens with zero attached hydrogens (tertiary/aromatic N) is 1. The van der Waals surface area contributed by atoms with E-state index in [9.17, 15) is 4.79 Å². The number of amides is 1. The molecule has 0 aromatic carbocycles.